The van der Waals surface area contributed by atoms with E-state index in [2.05, 4.69) is 23.8 Å². The largest absolute Gasteiger partial charge is 0.481 e. The number of benzene rings is 2. The topological polar surface area (TPSA) is 171 Å². The van der Waals surface area contributed by atoms with Crippen molar-refractivity contribution >= 4 is 47.0 Å². The standard InChI is InChI=1S/C28H31N5O7/c1-3-15-32-20-11-5-6-12-21(20)33(16-4-2)26(37)24(25(32)36)31-28(39)30-19-10-7-9-18(17-19)22(40-27(29)38)13-8-14-23(34)35/h3-7,9-12,17,22,24H,1-2,8,13-16H2,(H2,29,38)(H,34,35)(H2,30,31,39). The number of carbonyl (C=O) groups excluding carboxylic acids is 4. The molecule has 5 amide bonds. The molecule has 12 heteroatoms. The van der Waals surface area contributed by atoms with E-state index in [1.807, 2.05) is 0 Å². The van der Waals surface area contributed by atoms with Gasteiger partial charge in [-0.1, -0.05) is 36.4 Å². The van der Waals surface area contributed by atoms with Crippen molar-refractivity contribution in [2.24, 2.45) is 5.73 Å². The van der Waals surface area contributed by atoms with Gasteiger partial charge in [0, 0.05) is 25.2 Å². The molecule has 1 heterocycles. The van der Waals surface area contributed by atoms with Crippen molar-refractivity contribution in [2.75, 3.05) is 28.2 Å². The van der Waals surface area contributed by atoms with Crippen molar-refractivity contribution in [3.63, 3.8) is 0 Å². The summed E-state index contributed by atoms with van der Waals surface area (Å²) in [5.41, 5.74) is 6.90. The summed E-state index contributed by atoms with van der Waals surface area (Å²) in [5.74, 6) is -2.27. The molecule has 0 aliphatic carbocycles. The number of urea groups is 1. The number of nitrogens with one attached hydrogen (secondary N) is 2. The number of carbonyl (C=O) groups is 5. The van der Waals surface area contributed by atoms with Crippen LogP contribution in [-0.2, 0) is 19.1 Å². The highest BCUT2D eigenvalue weighted by atomic mass is 16.6. The summed E-state index contributed by atoms with van der Waals surface area (Å²) in [4.78, 5) is 65.0. The van der Waals surface area contributed by atoms with Crippen LogP contribution in [0, 0.1) is 0 Å². The molecular weight excluding hydrogens is 518 g/mol. The van der Waals surface area contributed by atoms with Crippen LogP contribution in [-0.4, -0.2) is 54.1 Å². The maximum absolute atomic E-state index is 13.5. The maximum atomic E-state index is 13.5. The van der Waals surface area contributed by atoms with E-state index in [0.717, 1.165) is 0 Å². The number of aliphatic carboxylic acids is 1. The number of rotatable bonds is 12. The van der Waals surface area contributed by atoms with Gasteiger partial charge in [-0.2, -0.15) is 0 Å². The Balaban J connectivity index is 1.83. The fourth-order valence-electron chi connectivity index (χ4n) is 4.32. The molecule has 0 saturated heterocycles. The fraction of sp³-hybridized carbons (Fsp3) is 0.250. The molecule has 3 rings (SSSR count). The number of carboxylic acid groups (broad SMARTS) is 1. The van der Waals surface area contributed by atoms with Gasteiger partial charge in [0.15, 0.2) is 6.04 Å². The normalized spacial score (nSPS) is 14.0. The second-order valence-corrected chi connectivity index (χ2v) is 8.83. The number of fused-ring (bicyclic) bond motifs is 1. The van der Waals surface area contributed by atoms with Crippen LogP contribution in [0.15, 0.2) is 73.8 Å². The Morgan fingerprint density at radius 2 is 1.60 bits per heavy atom. The van der Waals surface area contributed by atoms with E-state index >= 15 is 0 Å². The Bertz CT molecular complexity index is 1260. The molecule has 1 aliphatic rings. The Morgan fingerprint density at radius 3 is 2.12 bits per heavy atom. The van der Waals surface area contributed by atoms with E-state index < -0.39 is 42.1 Å². The lowest BCUT2D eigenvalue weighted by Crippen LogP contribution is -2.56. The number of carboxylic acids is 1. The van der Waals surface area contributed by atoms with Crippen LogP contribution in [0.1, 0.15) is 30.9 Å². The van der Waals surface area contributed by atoms with E-state index in [0.29, 0.717) is 16.9 Å². The molecule has 12 nitrogen and oxygen atoms in total. The van der Waals surface area contributed by atoms with E-state index in [-0.39, 0.29) is 38.0 Å². The summed E-state index contributed by atoms with van der Waals surface area (Å²) < 4.78 is 5.14. The second-order valence-electron chi connectivity index (χ2n) is 8.83. The third-order valence-electron chi connectivity index (χ3n) is 6.02. The number of ether oxygens (including phenoxy) is 1. The summed E-state index contributed by atoms with van der Waals surface area (Å²) in [6.45, 7) is 7.61. The van der Waals surface area contributed by atoms with Crippen LogP contribution in [0.25, 0.3) is 0 Å². The molecule has 40 heavy (non-hydrogen) atoms. The first-order valence-electron chi connectivity index (χ1n) is 12.4. The Hall–Kier alpha value is -5.13. The van der Waals surface area contributed by atoms with Gasteiger partial charge in [0.1, 0.15) is 6.10 Å². The molecule has 0 saturated carbocycles. The van der Waals surface area contributed by atoms with Gasteiger partial charge in [0.25, 0.3) is 11.8 Å². The van der Waals surface area contributed by atoms with Gasteiger partial charge in [-0.05, 0) is 42.7 Å². The predicted octanol–water partition coefficient (Wildman–Crippen LogP) is 3.32. The van der Waals surface area contributed by atoms with Gasteiger partial charge in [0.2, 0.25) is 0 Å². The van der Waals surface area contributed by atoms with Crippen molar-refractivity contribution in [1.82, 2.24) is 5.32 Å². The van der Waals surface area contributed by atoms with E-state index in [1.165, 1.54) is 28.0 Å². The first kappa shape index (κ1) is 29.4. The molecule has 5 N–H and O–H groups in total. The third-order valence-corrected chi connectivity index (χ3v) is 6.02. The zero-order chi connectivity index (χ0) is 29.2. The molecule has 0 spiro atoms. The SMILES string of the molecule is C=CCN1C(=O)C(NC(=O)Nc2cccc(C(CCCC(=O)O)OC(N)=O)c2)C(=O)N(CC=C)c2ccccc21. The average Bonchev–Trinajstić information content (AvgIpc) is 2.98. The van der Waals surface area contributed by atoms with Gasteiger partial charge in [-0.3, -0.25) is 14.4 Å². The van der Waals surface area contributed by atoms with Gasteiger partial charge < -0.3 is 36.0 Å². The molecule has 1 aliphatic heterocycles. The minimum atomic E-state index is -1.54. The predicted molar refractivity (Wildman–Crippen MR) is 149 cm³/mol. The first-order chi connectivity index (χ1) is 19.2. The average molecular weight is 550 g/mol. The van der Waals surface area contributed by atoms with E-state index in [1.54, 1.807) is 42.5 Å². The summed E-state index contributed by atoms with van der Waals surface area (Å²) in [5, 5.41) is 14.0. The third kappa shape index (κ3) is 7.25. The van der Waals surface area contributed by atoms with Crippen molar-refractivity contribution in [2.45, 2.75) is 31.4 Å². The lowest BCUT2D eigenvalue weighted by Gasteiger charge is -2.23. The summed E-state index contributed by atoms with van der Waals surface area (Å²) in [6.07, 6.45) is 1.45. The monoisotopic (exact) mass is 549 g/mol. The minimum absolute atomic E-state index is 0.107. The van der Waals surface area contributed by atoms with Crippen LogP contribution in [0.3, 0.4) is 0 Å². The van der Waals surface area contributed by atoms with Crippen LogP contribution in [0.2, 0.25) is 0 Å². The molecule has 210 valence electrons. The lowest BCUT2D eigenvalue weighted by atomic mass is 10.0. The van der Waals surface area contributed by atoms with Crippen LogP contribution < -0.4 is 26.2 Å². The van der Waals surface area contributed by atoms with Crippen molar-refractivity contribution in [3.8, 4) is 0 Å². The van der Waals surface area contributed by atoms with Gasteiger partial charge in [0.05, 0.1) is 11.4 Å². The van der Waals surface area contributed by atoms with E-state index in [9.17, 15) is 24.0 Å². The van der Waals surface area contributed by atoms with Crippen LogP contribution in [0.4, 0.5) is 26.7 Å². The number of primary amides is 1. The van der Waals surface area contributed by atoms with E-state index in [4.69, 9.17) is 15.6 Å². The number of nitrogens with zero attached hydrogens (tertiary/aromatic N) is 2. The Labute approximate surface area is 231 Å². The van der Waals surface area contributed by atoms with Gasteiger partial charge in [-0.15, -0.1) is 13.2 Å². The highest BCUT2D eigenvalue weighted by Crippen LogP contribution is 2.33. The number of hydrogen-bond acceptors (Lipinski definition) is 6. The number of hydrogen-bond donors (Lipinski definition) is 4. The summed E-state index contributed by atoms with van der Waals surface area (Å²) in [7, 11) is 0. The highest BCUT2D eigenvalue weighted by Gasteiger charge is 2.40. The van der Waals surface area contributed by atoms with Gasteiger partial charge >= 0.3 is 18.1 Å². The zero-order valence-corrected chi connectivity index (χ0v) is 21.7. The van der Waals surface area contributed by atoms with Crippen molar-refractivity contribution in [1.29, 1.82) is 0 Å². The molecule has 0 fully saturated rings. The molecule has 2 aromatic carbocycles. The quantitative estimate of drug-likeness (QED) is 0.232. The second kappa shape index (κ2) is 13.6. The highest BCUT2D eigenvalue weighted by molar-refractivity contribution is 6.21. The number of amides is 5. The molecule has 2 aromatic rings. The molecule has 1 unspecified atom stereocenters. The lowest BCUT2D eigenvalue weighted by molar-refractivity contribution is -0.137. The fourth-order valence-corrected chi connectivity index (χ4v) is 4.32. The maximum Gasteiger partial charge on any atom is 0.405 e. The number of para-hydroxylation sites is 2. The first-order valence-corrected chi connectivity index (χ1v) is 12.4. The number of nitrogens with two attached hydrogens (primary N) is 1. The molecule has 0 radical (unpaired) electrons. The van der Waals surface area contributed by atoms with Crippen LogP contribution >= 0.6 is 0 Å². The molecular formula is C28H31N5O7. The Kier molecular flexibility index (Phi) is 10.0. The van der Waals surface area contributed by atoms with Crippen molar-refractivity contribution < 1.29 is 33.8 Å². The number of anilines is 3. The molecule has 0 aromatic heterocycles. The molecule has 0 bridgehead atoms. The summed E-state index contributed by atoms with van der Waals surface area (Å²) >= 11 is 0. The summed E-state index contributed by atoms with van der Waals surface area (Å²) in [6, 6.07) is 10.8. The smallest absolute Gasteiger partial charge is 0.405 e. The van der Waals surface area contributed by atoms with Crippen molar-refractivity contribution in [3.05, 3.63) is 79.4 Å². The minimum Gasteiger partial charge on any atom is -0.481 e. The zero-order valence-electron chi connectivity index (χ0n) is 21.7. The molecule has 1 atom stereocenters. The van der Waals surface area contributed by atoms with Gasteiger partial charge in [-0.25, -0.2) is 9.59 Å². The van der Waals surface area contributed by atoms with Crippen LogP contribution in [0.5, 0.6) is 0 Å². The Morgan fingerprint density at radius 1 is 1.00 bits per heavy atom.